The van der Waals surface area contributed by atoms with E-state index in [1.807, 2.05) is 0 Å². The first-order valence-corrected chi connectivity index (χ1v) is 10.4. The second-order valence-corrected chi connectivity index (χ2v) is 12.1. The summed E-state index contributed by atoms with van der Waals surface area (Å²) in [6, 6.07) is 0. The second-order valence-electron chi connectivity index (χ2n) is 0.780. The van der Waals surface area contributed by atoms with Crippen LogP contribution in [-0.2, 0) is 0 Å². The van der Waals surface area contributed by atoms with E-state index in [1.54, 1.807) is 0 Å². The molecule has 0 bridgehead atoms. The molecule has 0 spiro atoms. The van der Waals surface area contributed by atoms with Crippen molar-refractivity contribution in [2.75, 3.05) is 11.5 Å². The van der Waals surface area contributed by atoms with Gasteiger partial charge in [0, 0.05) is 0 Å². The zero-order valence-electron chi connectivity index (χ0n) is 2.73. The van der Waals surface area contributed by atoms with E-state index < -0.39 is 0 Å². The molecule has 3 heteroatoms. The van der Waals surface area contributed by atoms with Gasteiger partial charge in [-0.1, -0.05) is 0 Å². The third kappa shape index (κ3) is 1.59. The molecule has 1 saturated heterocycles. The van der Waals surface area contributed by atoms with E-state index in [9.17, 15) is 0 Å². The van der Waals surface area contributed by atoms with Crippen LogP contribution in [0.5, 0.6) is 0 Å². The summed E-state index contributed by atoms with van der Waals surface area (Å²) in [6.07, 6.45) is 0. The second kappa shape index (κ2) is 2.64. The minimum absolute atomic E-state index is 0.162. The van der Waals surface area contributed by atoms with Gasteiger partial charge in [-0.05, 0) is 0 Å². The average molecular weight is 211 g/mol. The van der Waals surface area contributed by atoms with E-state index in [2.05, 4.69) is 17.9 Å². The molecular formula is C2H4S2Sn. The van der Waals surface area contributed by atoms with Crippen molar-refractivity contribution in [3.63, 3.8) is 0 Å². The van der Waals surface area contributed by atoms with Crippen molar-refractivity contribution in [1.82, 2.24) is 0 Å². The van der Waals surface area contributed by atoms with Gasteiger partial charge in [0.05, 0.1) is 0 Å². The summed E-state index contributed by atoms with van der Waals surface area (Å²) in [5.74, 6) is 2.91. The van der Waals surface area contributed by atoms with Gasteiger partial charge in [-0.15, -0.1) is 0 Å². The molecule has 0 aromatic carbocycles. The molecule has 1 heterocycles. The first-order chi connectivity index (χ1) is 2.50. The molecule has 0 unspecified atom stereocenters. The van der Waals surface area contributed by atoms with Crippen LogP contribution in [0.4, 0.5) is 0 Å². The average Bonchev–Trinajstić information content (AvgIpc) is 1.76. The van der Waals surface area contributed by atoms with Gasteiger partial charge in [0.15, 0.2) is 0 Å². The van der Waals surface area contributed by atoms with Gasteiger partial charge >= 0.3 is 47.8 Å². The summed E-state index contributed by atoms with van der Waals surface area (Å²) in [5.41, 5.74) is 0. The van der Waals surface area contributed by atoms with Gasteiger partial charge in [-0.3, -0.25) is 0 Å². The summed E-state index contributed by atoms with van der Waals surface area (Å²) >= 11 is 0.162. The molecule has 1 aliphatic rings. The molecule has 0 atom stereocenters. The van der Waals surface area contributed by atoms with Gasteiger partial charge in [0.1, 0.15) is 0 Å². The van der Waals surface area contributed by atoms with E-state index in [1.165, 1.54) is 11.5 Å². The maximum atomic E-state index is 2.21. The van der Waals surface area contributed by atoms with Crippen molar-refractivity contribution in [3.8, 4) is 0 Å². The molecule has 0 nitrogen and oxygen atoms in total. The Morgan fingerprint density at radius 3 is 2.00 bits per heavy atom. The Balaban J connectivity index is 2.08. The zero-order valence-corrected chi connectivity index (χ0v) is 7.22. The first kappa shape index (κ1) is 4.65. The summed E-state index contributed by atoms with van der Waals surface area (Å²) in [7, 11) is 4.41. The van der Waals surface area contributed by atoms with Gasteiger partial charge in [0.2, 0.25) is 0 Å². The van der Waals surface area contributed by atoms with Crippen molar-refractivity contribution >= 4 is 36.3 Å². The molecule has 5 heavy (non-hydrogen) atoms. The first-order valence-electron chi connectivity index (χ1n) is 1.49. The molecular weight excluding hydrogens is 207 g/mol. The third-order valence-corrected chi connectivity index (χ3v) is 12.0. The molecule has 0 saturated carbocycles. The number of rotatable bonds is 0. The molecule has 0 amide bonds. The van der Waals surface area contributed by atoms with Gasteiger partial charge in [-0.2, -0.15) is 0 Å². The number of hydrogen-bond acceptors (Lipinski definition) is 2. The Labute approximate surface area is 47.6 Å². The van der Waals surface area contributed by atoms with Crippen LogP contribution in [0.2, 0.25) is 0 Å². The Bertz CT molecular complexity index is 19.2. The van der Waals surface area contributed by atoms with Crippen molar-refractivity contribution in [3.05, 3.63) is 0 Å². The van der Waals surface area contributed by atoms with Gasteiger partial charge < -0.3 is 0 Å². The maximum absolute atomic E-state index is 2.21. The van der Waals surface area contributed by atoms with Crippen LogP contribution in [0, 0.1) is 0 Å². The molecule has 1 aliphatic heterocycles. The topological polar surface area (TPSA) is 0 Å². The zero-order chi connectivity index (χ0) is 3.54. The molecule has 28 valence electrons. The molecule has 0 N–H and O–H groups in total. The van der Waals surface area contributed by atoms with Crippen LogP contribution in [0.25, 0.3) is 0 Å². The monoisotopic (exact) mass is 212 g/mol. The fourth-order valence-electron chi connectivity index (χ4n) is 0.208. The minimum atomic E-state index is 0.162. The van der Waals surface area contributed by atoms with Crippen molar-refractivity contribution in [1.29, 1.82) is 0 Å². The van der Waals surface area contributed by atoms with Crippen molar-refractivity contribution < 1.29 is 0 Å². The van der Waals surface area contributed by atoms with Gasteiger partial charge in [-0.25, -0.2) is 0 Å². The predicted octanol–water partition coefficient (Wildman–Crippen LogP) is 1.00. The number of hydrogen-bond donors (Lipinski definition) is 0. The SMILES string of the molecule is C1C[S][Sn][S]1. The summed E-state index contributed by atoms with van der Waals surface area (Å²) in [5, 5.41) is 0. The van der Waals surface area contributed by atoms with Crippen LogP contribution < -0.4 is 0 Å². The quantitative estimate of drug-likeness (QED) is 0.548. The van der Waals surface area contributed by atoms with E-state index >= 15 is 0 Å². The standard InChI is InChI=1S/C2H6S2.Sn/c3-1-2-4;/h3-4H,1-2H2;/q;+2/p-2. The fourth-order valence-corrected chi connectivity index (χ4v) is 12.6. The predicted molar refractivity (Wildman–Crippen MR) is 30.7 cm³/mol. The van der Waals surface area contributed by atoms with Crippen molar-refractivity contribution in [2.45, 2.75) is 0 Å². The summed E-state index contributed by atoms with van der Waals surface area (Å²) in [6.45, 7) is 0. The summed E-state index contributed by atoms with van der Waals surface area (Å²) < 4.78 is 0. The van der Waals surface area contributed by atoms with Gasteiger partial charge in [0.25, 0.3) is 0 Å². The molecule has 2 radical (unpaired) electrons. The van der Waals surface area contributed by atoms with Crippen LogP contribution in [0.1, 0.15) is 0 Å². The summed E-state index contributed by atoms with van der Waals surface area (Å²) in [4.78, 5) is 0. The van der Waals surface area contributed by atoms with Crippen LogP contribution in [0.15, 0.2) is 0 Å². The molecule has 0 aromatic rings. The van der Waals surface area contributed by atoms with Crippen LogP contribution in [0.3, 0.4) is 0 Å². The van der Waals surface area contributed by atoms with E-state index in [0.29, 0.717) is 0 Å². The van der Waals surface area contributed by atoms with Crippen LogP contribution >= 0.6 is 17.9 Å². The van der Waals surface area contributed by atoms with E-state index in [-0.39, 0.29) is 18.4 Å². The molecule has 0 aliphatic carbocycles. The van der Waals surface area contributed by atoms with Crippen LogP contribution in [-0.4, -0.2) is 29.9 Å². The molecule has 1 rings (SSSR count). The van der Waals surface area contributed by atoms with E-state index in [4.69, 9.17) is 0 Å². The van der Waals surface area contributed by atoms with Crippen molar-refractivity contribution in [2.24, 2.45) is 0 Å². The third-order valence-electron chi connectivity index (χ3n) is 0.405. The normalized spacial score (nSPS) is 24.0. The molecule has 0 aromatic heterocycles. The molecule has 1 fully saturated rings. The Morgan fingerprint density at radius 2 is 1.80 bits per heavy atom. The Hall–Kier alpha value is 1.50. The fraction of sp³-hybridized carbons (Fsp3) is 1.00. The Morgan fingerprint density at radius 1 is 1.20 bits per heavy atom. The van der Waals surface area contributed by atoms with E-state index in [0.717, 1.165) is 0 Å². The Kier molecular flexibility index (Phi) is 2.45.